The van der Waals surface area contributed by atoms with Gasteiger partial charge in [0.2, 0.25) is 0 Å². The fourth-order valence-corrected chi connectivity index (χ4v) is 0.779. The number of primary amides is 1. The second kappa shape index (κ2) is 3.21. The molecule has 0 atom stereocenters. The molecule has 0 aromatic carbocycles. The number of halogens is 1. The number of urea groups is 1. The average molecular weight is 172 g/mol. The molecule has 1 rings (SSSR count). The Morgan fingerprint density at radius 2 is 2.45 bits per heavy atom. The highest BCUT2D eigenvalue weighted by molar-refractivity contribution is 6.32. The summed E-state index contributed by atoms with van der Waals surface area (Å²) in [7, 11) is 0. The van der Waals surface area contributed by atoms with Crippen molar-refractivity contribution in [3.63, 3.8) is 0 Å². The second-order valence-corrected chi connectivity index (χ2v) is 2.19. The fraction of sp³-hybridized carbons (Fsp3) is 0. The van der Waals surface area contributed by atoms with Crippen LogP contribution in [-0.2, 0) is 0 Å². The number of pyridine rings is 1. The highest BCUT2D eigenvalue weighted by Gasteiger charge is 2.00. The molecule has 58 valence electrons. The van der Waals surface area contributed by atoms with Crippen LogP contribution in [0.5, 0.6) is 0 Å². The van der Waals surface area contributed by atoms with Crippen LogP contribution in [0.1, 0.15) is 0 Å². The Bertz CT molecular complexity index is 276. The molecule has 0 bridgehead atoms. The molecule has 1 aromatic heterocycles. The zero-order valence-corrected chi connectivity index (χ0v) is 6.30. The normalized spacial score (nSPS) is 9.18. The predicted molar refractivity (Wildman–Crippen MR) is 42.5 cm³/mol. The van der Waals surface area contributed by atoms with Gasteiger partial charge in [0.15, 0.2) is 5.15 Å². The summed E-state index contributed by atoms with van der Waals surface area (Å²) >= 11 is 5.59. The lowest BCUT2D eigenvalue weighted by molar-refractivity contribution is 0.259. The highest BCUT2D eigenvalue weighted by Crippen LogP contribution is 2.16. The molecule has 0 unspecified atom stereocenters. The van der Waals surface area contributed by atoms with Crippen LogP contribution in [0.15, 0.2) is 18.3 Å². The summed E-state index contributed by atoms with van der Waals surface area (Å²) in [5, 5.41) is 2.55. The Balaban J connectivity index is 2.86. The number of anilines is 1. The molecule has 0 aliphatic heterocycles. The lowest BCUT2D eigenvalue weighted by Gasteiger charge is -2.00. The van der Waals surface area contributed by atoms with Crippen molar-refractivity contribution in [1.82, 2.24) is 4.98 Å². The summed E-state index contributed by atoms with van der Waals surface area (Å²) in [5.74, 6) is 0. The van der Waals surface area contributed by atoms with Crippen LogP contribution in [0.2, 0.25) is 5.15 Å². The van der Waals surface area contributed by atoms with Crippen LogP contribution in [0, 0.1) is 0 Å². The van der Waals surface area contributed by atoms with Gasteiger partial charge in [0.25, 0.3) is 0 Å². The van der Waals surface area contributed by atoms with Gasteiger partial charge in [-0.15, -0.1) is 0 Å². The molecular formula is C6H6ClN3O. The average Bonchev–Trinajstić information content (AvgIpc) is 1.93. The van der Waals surface area contributed by atoms with E-state index in [1.165, 1.54) is 6.20 Å². The SMILES string of the molecule is NC(=O)Nc1cccnc1Cl. The smallest absolute Gasteiger partial charge is 0.316 e. The van der Waals surface area contributed by atoms with Crippen molar-refractivity contribution in [2.45, 2.75) is 0 Å². The summed E-state index contributed by atoms with van der Waals surface area (Å²) in [6.45, 7) is 0. The van der Waals surface area contributed by atoms with E-state index in [0.29, 0.717) is 5.69 Å². The first-order valence-corrected chi connectivity index (χ1v) is 3.25. The molecular weight excluding hydrogens is 166 g/mol. The molecule has 2 amide bonds. The van der Waals surface area contributed by atoms with Crippen LogP contribution in [0.4, 0.5) is 10.5 Å². The second-order valence-electron chi connectivity index (χ2n) is 1.83. The van der Waals surface area contributed by atoms with Crippen molar-refractivity contribution < 1.29 is 4.79 Å². The Morgan fingerprint density at radius 1 is 1.73 bits per heavy atom. The van der Waals surface area contributed by atoms with E-state index in [2.05, 4.69) is 10.3 Å². The van der Waals surface area contributed by atoms with E-state index in [9.17, 15) is 4.79 Å². The maximum absolute atomic E-state index is 10.3. The minimum absolute atomic E-state index is 0.228. The van der Waals surface area contributed by atoms with Crippen molar-refractivity contribution >= 4 is 23.3 Å². The third kappa shape index (κ3) is 2.09. The minimum Gasteiger partial charge on any atom is -0.351 e. The van der Waals surface area contributed by atoms with E-state index in [0.717, 1.165) is 0 Å². The van der Waals surface area contributed by atoms with E-state index in [1.54, 1.807) is 12.1 Å². The summed E-state index contributed by atoms with van der Waals surface area (Å²) in [6.07, 6.45) is 1.52. The summed E-state index contributed by atoms with van der Waals surface area (Å²) in [6, 6.07) is 2.61. The van der Waals surface area contributed by atoms with Crippen LogP contribution >= 0.6 is 11.6 Å². The number of hydrogen-bond donors (Lipinski definition) is 2. The molecule has 0 aliphatic carbocycles. The van der Waals surface area contributed by atoms with Crippen LogP contribution in [0.3, 0.4) is 0 Å². The van der Waals surface area contributed by atoms with Gasteiger partial charge < -0.3 is 11.1 Å². The fourth-order valence-electron chi connectivity index (χ4n) is 0.612. The van der Waals surface area contributed by atoms with E-state index < -0.39 is 6.03 Å². The van der Waals surface area contributed by atoms with Crippen LogP contribution < -0.4 is 11.1 Å². The van der Waals surface area contributed by atoms with E-state index in [1.807, 2.05) is 0 Å². The molecule has 0 radical (unpaired) electrons. The van der Waals surface area contributed by atoms with Crippen molar-refractivity contribution in [2.75, 3.05) is 5.32 Å². The molecule has 0 fully saturated rings. The number of amides is 2. The van der Waals surface area contributed by atoms with Crippen LogP contribution in [0.25, 0.3) is 0 Å². The number of carbonyl (C=O) groups excluding carboxylic acids is 1. The quantitative estimate of drug-likeness (QED) is 0.624. The molecule has 1 aromatic rings. The molecule has 11 heavy (non-hydrogen) atoms. The number of rotatable bonds is 1. The van der Waals surface area contributed by atoms with Gasteiger partial charge in [-0.05, 0) is 12.1 Å². The standard InChI is InChI=1S/C6H6ClN3O/c7-5-4(10-6(8)11)2-1-3-9-5/h1-3H,(H3,8,10,11). The number of carbonyl (C=O) groups is 1. The van der Waals surface area contributed by atoms with Gasteiger partial charge in [-0.1, -0.05) is 11.6 Å². The molecule has 3 N–H and O–H groups in total. The number of nitrogens with two attached hydrogens (primary N) is 1. The molecule has 1 heterocycles. The molecule has 0 saturated heterocycles. The zero-order chi connectivity index (χ0) is 8.27. The molecule has 0 saturated carbocycles. The van der Waals surface area contributed by atoms with E-state index in [-0.39, 0.29) is 5.15 Å². The number of nitrogens with zero attached hydrogens (tertiary/aromatic N) is 1. The third-order valence-corrected chi connectivity index (χ3v) is 1.32. The molecule has 0 spiro atoms. The van der Waals surface area contributed by atoms with Gasteiger partial charge in [0.05, 0.1) is 5.69 Å². The van der Waals surface area contributed by atoms with Crippen molar-refractivity contribution in [3.05, 3.63) is 23.5 Å². The first-order valence-electron chi connectivity index (χ1n) is 2.87. The third-order valence-electron chi connectivity index (χ3n) is 1.02. The highest BCUT2D eigenvalue weighted by atomic mass is 35.5. The van der Waals surface area contributed by atoms with Crippen molar-refractivity contribution in [3.8, 4) is 0 Å². The summed E-state index contributed by atoms with van der Waals surface area (Å²) in [5.41, 5.74) is 5.28. The first kappa shape index (κ1) is 7.81. The minimum atomic E-state index is -0.653. The Kier molecular flexibility index (Phi) is 2.28. The van der Waals surface area contributed by atoms with Crippen molar-refractivity contribution in [1.29, 1.82) is 0 Å². The van der Waals surface area contributed by atoms with Gasteiger partial charge >= 0.3 is 6.03 Å². The maximum Gasteiger partial charge on any atom is 0.316 e. The summed E-state index contributed by atoms with van der Waals surface area (Å²) in [4.78, 5) is 14.1. The predicted octanol–water partition coefficient (Wildman–Crippen LogP) is 1.23. The number of nitrogens with one attached hydrogen (secondary N) is 1. The molecule has 4 nitrogen and oxygen atoms in total. The number of aromatic nitrogens is 1. The Morgan fingerprint density at radius 3 is 3.00 bits per heavy atom. The lowest BCUT2D eigenvalue weighted by atomic mass is 10.4. The first-order chi connectivity index (χ1) is 5.20. The maximum atomic E-state index is 10.3. The van der Waals surface area contributed by atoms with Gasteiger partial charge in [-0.25, -0.2) is 9.78 Å². The summed E-state index contributed by atoms with van der Waals surface area (Å²) < 4.78 is 0. The van der Waals surface area contributed by atoms with E-state index >= 15 is 0 Å². The zero-order valence-electron chi connectivity index (χ0n) is 5.54. The van der Waals surface area contributed by atoms with Crippen LogP contribution in [-0.4, -0.2) is 11.0 Å². The Hall–Kier alpha value is -1.29. The van der Waals surface area contributed by atoms with Gasteiger partial charge in [0, 0.05) is 6.20 Å². The van der Waals surface area contributed by atoms with Gasteiger partial charge in [-0.3, -0.25) is 0 Å². The van der Waals surface area contributed by atoms with Gasteiger partial charge in [-0.2, -0.15) is 0 Å². The van der Waals surface area contributed by atoms with Gasteiger partial charge in [0.1, 0.15) is 0 Å². The van der Waals surface area contributed by atoms with E-state index in [4.69, 9.17) is 17.3 Å². The van der Waals surface area contributed by atoms with Crippen molar-refractivity contribution in [2.24, 2.45) is 5.73 Å². The largest absolute Gasteiger partial charge is 0.351 e. The Labute approximate surface area is 68.4 Å². The number of hydrogen-bond acceptors (Lipinski definition) is 2. The molecule has 0 aliphatic rings. The topological polar surface area (TPSA) is 68.0 Å². The monoisotopic (exact) mass is 171 g/mol. The lowest BCUT2D eigenvalue weighted by Crippen LogP contribution is -2.19. The molecule has 5 heteroatoms.